The summed E-state index contributed by atoms with van der Waals surface area (Å²) in [5, 5.41) is 0. The van der Waals surface area contributed by atoms with Crippen LogP contribution in [-0.4, -0.2) is 4.75 Å². The molecule has 0 saturated heterocycles. The van der Waals surface area contributed by atoms with E-state index in [9.17, 15) is 0 Å². The lowest BCUT2D eigenvalue weighted by Gasteiger charge is -2.28. The van der Waals surface area contributed by atoms with Crippen LogP contribution in [0.15, 0.2) is 53.0 Å². The zero-order chi connectivity index (χ0) is 12.3. The van der Waals surface area contributed by atoms with E-state index in [0.29, 0.717) is 0 Å². The lowest BCUT2D eigenvalue weighted by molar-refractivity contribution is 0.758. The van der Waals surface area contributed by atoms with Crippen LogP contribution in [0.3, 0.4) is 0 Å². The standard InChI is InChI=1S/C16H20S/c1-13-9-11-15(12-10-13)17-16(2,3)14-7-5-4-6-8-14/h4-5,7,9-12H,6,8H2,1-3H3. The van der Waals surface area contributed by atoms with Gasteiger partial charge in [0.05, 0.1) is 0 Å². The van der Waals surface area contributed by atoms with Crippen molar-refractivity contribution in [3.8, 4) is 0 Å². The maximum absolute atomic E-state index is 2.32. The fourth-order valence-corrected chi connectivity index (χ4v) is 3.23. The minimum Gasteiger partial charge on any atom is -0.115 e. The third kappa shape index (κ3) is 3.26. The summed E-state index contributed by atoms with van der Waals surface area (Å²) in [6, 6.07) is 8.82. The highest BCUT2D eigenvalue weighted by atomic mass is 32.2. The first-order valence-corrected chi connectivity index (χ1v) is 7.01. The number of allylic oxidation sites excluding steroid dienone is 3. The molecule has 0 radical (unpaired) electrons. The molecule has 1 aromatic rings. The Bertz CT molecular complexity index is 435. The third-order valence-corrected chi connectivity index (χ3v) is 4.46. The molecular weight excluding hydrogens is 224 g/mol. The van der Waals surface area contributed by atoms with Gasteiger partial charge in [-0.2, -0.15) is 0 Å². The van der Waals surface area contributed by atoms with Crippen LogP contribution in [0.2, 0.25) is 0 Å². The van der Waals surface area contributed by atoms with Crippen LogP contribution in [-0.2, 0) is 0 Å². The largest absolute Gasteiger partial charge is 0.115 e. The molecule has 90 valence electrons. The number of rotatable bonds is 3. The van der Waals surface area contributed by atoms with Gasteiger partial charge in [-0.15, -0.1) is 11.8 Å². The van der Waals surface area contributed by atoms with Crippen molar-refractivity contribution in [2.24, 2.45) is 0 Å². The average Bonchev–Trinajstić information content (AvgIpc) is 2.33. The van der Waals surface area contributed by atoms with Crippen LogP contribution < -0.4 is 0 Å². The van der Waals surface area contributed by atoms with Gasteiger partial charge < -0.3 is 0 Å². The molecule has 0 aliphatic heterocycles. The van der Waals surface area contributed by atoms with Gasteiger partial charge in [-0.25, -0.2) is 0 Å². The van der Waals surface area contributed by atoms with Gasteiger partial charge in [0.1, 0.15) is 0 Å². The summed E-state index contributed by atoms with van der Waals surface area (Å²) in [4.78, 5) is 1.36. The van der Waals surface area contributed by atoms with E-state index in [2.05, 4.69) is 63.3 Å². The van der Waals surface area contributed by atoms with Crippen molar-refractivity contribution in [2.45, 2.75) is 43.3 Å². The number of hydrogen-bond donors (Lipinski definition) is 0. The second kappa shape index (κ2) is 5.14. The van der Waals surface area contributed by atoms with E-state index < -0.39 is 0 Å². The van der Waals surface area contributed by atoms with Crippen LogP contribution >= 0.6 is 11.8 Å². The second-order valence-electron chi connectivity index (χ2n) is 5.08. The molecule has 0 fully saturated rings. The van der Waals surface area contributed by atoms with Gasteiger partial charge in [-0.1, -0.05) is 41.5 Å². The minimum absolute atomic E-state index is 0.194. The molecule has 0 heterocycles. The predicted molar refractivity (Wildman–Crippen MR) is 77.6 cm³/mol. The Hall–Kier alpha value is -0.950. The van der Waals surface area contributed by atoms with Crippen LogP contribution in [0.1, 0.15) is 32.3 Å². The monoisotopic (exact) mass is 244 g/mol. The molecule has 1 aliphatic carbocycles. The zero-order valence-corrected chi connectivity index (χ0v) is 11.7. The Balaban J connectivity index is 2.13. The van der Waals surface area contributed by atoms with Crippen molar-refractivity contribution in [2.75, 3.05) is 0 Å². The van der Waals surface area contributed by atoms with E-state index in [1.165, 1.54) is 23.3 Å². The Morgan fingerprint density at radius 1 is 1.12 bits per heavy atom. The van der Waals surface area contributed by atoms with Gasteiger partial charge >= 0.3 is 0 Å². The molecule has 1 aromatic carbocycles. The highest BCUT2D eigenvalue weighted by Crippen LogP contribution is 2.40. The summed E-state index contributed by atoms with van der Waals surface area (Å²) >= 11 is 1.96. The lowest BCUT2D eigenvalue weighted by Crippen LogP contribution is -2.18. The van der Waals surface area contributed by atoms with E-state index in [1.54, 1.807) is 5.57 Å². The maximum Gasteiger partial charge on any atom is 0.0362 e. The molecule has 0 spiro atoms. The molecule has 0 unspecified atom stereocenters. The number of aryl methyl sites for hydroxylation is 1. The molecule has 0 nitrogen and oxygen atoms in total. The summed E-state index contributed by atoms with van der Waals surface area (Å²) in [6.45, 7) is 6.78. The lowest BCUT2D eigenvalue weighted by atomic mass is 9.94. The highest BCUT2D eigenvalue weighted by molar-refractivity contribution is 8.00. The minimum atomic E-state index is 0.194. The van der Waals surface area contributed by atoms with Crippen molar-refractivity contribution >= 4 is 11.8 Å². The molecule has 0 bridgehead atoms. The Morgan fingerprint density at radius 3 is 2.41 bits per heavy atom. The number of hydrogen-bond acceptors (Lipinski definition) is 1. The molecule has 0 atom stereocenters. The van der Waals surface area contributed by atoms with E-state index >= 15 is 0 Å². The van der Waals surface area contributed by atoms with E-state index in [1.807, 2.05) is 11.8 Å². The summed E-state index contributed by atoms with van der Waals surface area (Å²) in [7, 11) is 0. The summed E-state index contributed by atoms with van der Waals surface area (Å²) < 4.78 is 0.194. The molecular formula is C16H20S. The van der Waals surface area contributed by atoms with E-state index in [0.717, 1.165) is 0 Å². The van der Waals surface area contributed by atoms with Gasteiger partial charge in [0.15, 0.2) is 0 Å². The fourth-order valence-electron chi connectivity index (χ4n) is 2.07. The predicted octanol–water partition coefficient (Wildman–Crippen LogP) is 5.14. The Morgan fingerprint density at radius 2 is 1.82 bits per heavy atom. The fraction of sp³-hybridized carbons (Fsp3) is 0.375. The second-order valence-corrected chi connectivity index (χ2v) is 6.78. The first-order valence-electron chi connectivity index (χ1n) is 6.20. The molecule has 17 heavy (non-hydrogen) atoms. The van der Waals surface area contributed by atoms with Crippen molar-refractivity contribution in [1.29, 1.82) is 0 Å². The quantitative estimate of drug-likeness (QED) is 0.663. The SMILES string of the molecule is Cc1ccc(SC(C)(C)C2=CC=CCC2)cc1. The molecule has 0 amide bonds. The smallest absolute Gasteiger partial charge is 0.0362 e. The molecule has 2 rings (SSSR count). The van der Waals surface area contributed by atoms with Crippen molar-refractivity contribution in [3.05, 3.63) is 53.6 Å². The van der Waals surface area contributed by atoms with Crippen molar-refractivity contribution < 1.29 is 0 Å². The van der Waals surface area contributed by atoms with Crippen molar-refractivity contribution in [1.82, 2.24) is 0 Å². The van der Waals surface area contributed by atoms with Gasteiger partial charge in [-0.3, -0.25) is 0 Å². The van der Waals surface area contributed by atoms with E-state index in [4.69, 9.17) is 0 Å². The van der Waals surface area contributed by atoms with Gasteiger partial charge in [-0.05, 0) is 45.7 Å². The summed E-state index contributed by atoms with van der Waals surface area (Å²) in [5.74, 6) is 0. The van der Waals surface area contributed by atoms with Gasteiger partial charge in [0.25, 0.3) is 0 Å². The highest BCUT2D eigenvalue weighted by Gasteiger charge is 2.24. The summed E-state index contributed by atoms with van der Waals surface area (Å²) in [6.07, 6.45) is 9.10. The Kier molecular flexibility index (Phi) is 3.78. The van der Waals surface area contributed by atoms with Crippen LogP contribution in [0.5, 0.6) is 0 Å². The van der Waals surface area contributed by atoms with Gasteiger partial charge in [0, 0.05) is 9.64 Å². The number of thioether (sulfide) groups is 1. The molecule has 0 aromatic heterocycles. The van der Waals surface area contributed by atoms with Crippen LogP contribution in [0, 0.1) is 6.92 Å². The first kappa shape index (κ1) is 12.5. The first-order chi connectivity index (χ1) is 8.08. The summed E-state index contributed by atoms with van der Waals surface area (Å²) in [5.41, 5.74) is 2.87. The average molecular weight is 244 g/mol. The maximum atomic E-state index is 2.32. The molecule has 0 N–H and O–H groups in total. The van der Waals surface area contributed by atoms with Crippen molar-refractivity contribution in [3.63, 3.8) is 0 Å². The third-order valence-electron chi connectivity index (χ3n) is 3.18. The number of benzene rings is 1. The molecule has 1 heteroatoms. The van der Waals surface area contributed by atoms with Crippen LogP contribution in [0.4, 0.5) is 0 Å². The topological polar surface area (TPSA) is 0 Å². The normalized spacial score (nSPS) is 15.8. The van der Waals surface area contributed by atoms with E-state index in [-0.39, 0.29) is 4.75 Å². The zero-order valence-electron chi connectivity index (χ0n) is 10.9. The molecule has 1 aliphatic rings. The Labute approximate surface area is 109 Å². The molecule has 0 saturated carbocycles. The van der Waals surface area contributed by atoms with Gasteiger partial charge in [0.2, 0.25) is 0 Å². The van der Waals surface area contributed by atoms with Crippen LogP contribution in [0.25, 0.3) is 0 Å².